The van der Waals surface area contributed by atoms with Crippen LogP contribution in [0.5, 0.6) is 5.75 Å². The van der Waals surface area contributed by atoms with Crippen LogP contribution in [0.15, 0.2) is 53.5 Å². The molecule has 4 aromatic rings. The number of alkyl halides is 2. The van der Waals surface area contributed by atoms with Crippen molar-refractivity contribution >= 4 is 63.4 Å². The Morgan fingerprint density at radius 2 is 1.78 bits per heavy atom. The van der Waals surface area contributed by atoms with Crippen LogP contribution in [0, 0.1) is 11.8 Å². The number of carbonyl (C=O) groups excluding carboxylic acids is 3. The van der Waals surface area contributed by atoms with Gasteiger partial charge in [0.15, 0.2) is 12.4 Å². The molecule has 3 N–H and O–H groups in total. The van der Waals surface area contributed by atoms with Gasteiger partial charge in [0.2, 0.25) is 23.5 Å². The second-order valence-electron chi connectivity index (χ2n) is 16.5. The summed E-state index contributed by atoms with van der Waals surface area (Å²) >= 11 is 6.60. The van der Waals surface area contributed by atoms with Crippen molar-refractivity contribution in [2.75, 3.05) is 68.0 Å². The Bertz CT molecular complexity index is 2380. The molecule has 2 aromatic carbocycles. The Hall–Kier alpha value is -5.35. The molecule has 1 unspecified atom stereocenters. The lowest BCUT2D eigenvalue weighted by atomic mass is 9.89. The van der Waals surface area contributed by atoms with Crippen LogP contribution in [-0.4, -0.2) is 106 Å². The van der Waals surface area contributed by atoms with Crippen molar-refractivity contribution in [1.29, 1.82) is 0 Å². The van der Waals surface area contributed by atoms with Crippen LogP contribution in [-0.2, 0) is 16.6 Å². The largest absolute Gasteiger partial charge is 0.480 e. The number of aromatic nitrogens is 3. The molecule has 4 aliphatic heterocycles. The number of piperazine rings is 1. The number of nitrogens with zero attached hydrogens (tertiary/aromatic N) is 6. The molecule has 5 aliphatic rings. The number of amides is 3. The number of rotatable bonds is 8. The Kier molecular flexibility index (Phi) is 10.4. The minimum Gasteiger partial charge on any atom is -0.480 e. The number of fused-ring (bicyclic) bond motifs is 3. The Morgan fingerprint density at radius 3 is 2.53 bits per heavy atom. The number of hydrogen-bond donors (Lipinski definition) is 3. The van der Waals surface area contributed by atoms with Crippen LogP contribution in [0.2, 0.25) is 5.02 Å². The zero-order valence-electron chi connectivity index (χ0n) is 32.7. The number of carbonyl (C=O) groups is 3. The molecule has 6 heterocycles. The van der Waals surface area contributed by atoms with Crippen LogP contribution in [0.4, 0.5) is 31.9 Å². The Morgan fingerprint density at radius 1 is 1.00 bits per heavy atom. The van der Waals surface area contributed by atoms with Gasteiger partial charge in [-0.15, -0.1) is 0 Å². The first-order valence-electron chi connectivity index (χ1n) is 20.4. The van der Waals surface area contributed by atoms with E-state index in [2.05, 4.69) is 30.7 Å². The molecule has 14 nitrogen and oxygen atoms in total. The third kappa shape index (κ3) is 7.91. The van der Waals surface area contributed by atoms with E-state index in [1.807, 2.05) is 11.0 Å². The number of anilines is 4. The molecule has 17 heteroatoms. The maximum absolute atomic E-state index is 15.1. The van der Waals surface area contributed by atoms with E-state index < -0.39 is 30.0 Å². The van der Waals surface area contributed by atoms with Crippen molar-refractivity contribution in [3.8, 4) is 5.75 Å². The topological polar surface area (TPSA) is 154 Å². The summed E-state index contributed by atoms with van der Waals surface area (Å²) in [7, 11) is 1.60. The minimum absolute atomic E-state index is 0.0493. The highest BCUT2D eigenvalue weighted by molar-refractivity contribution is 6.33. The van der Waals surface area contributed by atoms with Crippen molar-refractivity contribution < 1.29 is 27.9 Å². The van der Waals surface area contributed by atoms with Gasteiger partial charge in [0.05, 0.1) is 29.4 Å². The molecular weight excluding hydrogens is 784 g/mol. The second-order valence-corrected chi connectivity index (χ2v) is 16.9. The maximum atomic E-state index is 15.1. The zero-order chi connectivity index (χ0) is 41.0. The average molecular weight is 830 g/mol. The molecule has 1 saturated carbocycles. The first-order chi connectivity index (χ1) is 28.4. The van der Waals surface area contributed by atoms with Crippen molar-refractivity contribution in [3.63, 3.8) is 0 Å². The van der Waals surface area contributed by atoms with Crippen LogP contribution in [0.1, 0.15) is 60.4 Å². The monoisotopic (exact) mass is 829 g/mol. The van der Waals surface area contributed by atoms with E-state index in [-0.39, 0.29) is 41.5 Å². The molecule has 59 heavy (non-hydrogen) atoms. The molecule has 3 saturated heterocycles. The summed E-state index contributed by atoms with van der Waals surface area (Å²) in [5.41, 5.74) is 2.26. The molecule has 0 bridgehead atoms. The fourth-order valence-corrected chi connectivity index (χ4v) is 9.06. The summed E-state index contributed by atoms with van der Waals surface area (Å²) < 4.78 is 37.2. The van der Waals surface area contributed by atoms with Crippen LogP contribution in [0.3, 0.4) is 0 Å². The van der Waals surface area contributed by atoms with E-state index in [0.717, 1.165) is 51.1 Å². The third-order valence-electron chi connectivity index (χ3n) is 12.5. The predicted octanol–water partition coefficient (Wildman–Crippen LogP) is 5.14. The summed E-state index contributed by atoms with van der Waals surface area (Å²) in [6.07, 6.45) is 5.59. The quantitative estimate of drug-likeness (QED) is 0.203. The lowest BCUT2D eigenvalue weighted by molar-refractivity contribution is -0.134. The van der Waals surface area contributed by atoms with E-state index in [1.165, 1.54) is 4.57 Å². The predicted molar refractivity (Wildman–Crippen MR) is 219 cm³/mol. The highest BCUT2D eigenvalue weighted by Crippen LogP contribution is 2.46. The first kappa shape index (κ1) is 39.1. The van der Waals surface area contributed by atoms with Gasteiger partial charge in [-0.2, -0.15) is 4.98 Å². The van der Waals surface area contributed by atoms with Crippen LogP contribution >= 0.6 is 11.6 Å². The smallest absolute Gasteiger partial charge is 0.301 e. The van der Waals surface area contributed by atoms with Crippen molar-refractivity contribution in [3.05, 3.63) is 75.2 Å². The lowest BCUT2D eigenvalue weighted by Gasteiger charge is -2.39. The number of hydrogen-bond acceptors (Lipinski definition) is 11. The fraction of sp³-hybridized carbons (Fsp3) is 0.476. The van der Waals surface area contributed by atoms with Gasteiger partial charge in [-0.25, -0.2) is 13.8 Å². The van der Waals surface area contributed by atoms with E-state index in [9.17, 15) is 19.2 Å². The van der Waals surface area contributed by atoms with Crippen molar-refractivity contribution in [1.82, 2.24) is 29.7 Å². The molecule has 0 radical (unpaired) electrons. The van der Waals surface area contributed by atoms with Gasteiger partial charge in [-0.3, -0.25) is 29.4 Å². The zero-order valence-corrected chi connectivity index (χ0v) is 33.4. The van der Waals surface area contributed by atoms with E-state index in [0.29, 0.717) is 77.2 Å². The number of benzene rings is 2. The van der Waals surface area contributed by atoms with Gasteiger partial charge in [-0.1, -0.05) is 23.7 Å². The minimum atomic E-state index is -3.14. The van der Waals surface area contributed by atoms with E-state index >= 15 is 8.78 Å². The van der Waals surface area contributed by atoms with Gasteiger partial charge in [0.1, 0.15) is 5.02 Å². The second kappa shape index (κ2) is 15.7. The van der Waals surface area contributed by atoms with Crippen molar-refractivity contribution in [2.24, 2.45) is 18.9 Å². The Labute approximate surface area is 344 Å². The van der Waals surface area contributed by atoms with E-state index in [4.69, 9.17) is 21.3 Å². The van der Waals surface area contributed by atoms with Crippen molar-refractivity contribution in [2.45, 2.75) is 56.4 Å². The van der Waals surface area contributed by atoms with Gasteiger partial charge >= 0.3 is 5.92 Å². The number of aryl methyl sites for hydroxylation is 1. The normalized spacial score (nSPS) is 22.6. The highest BCUT2D eigenvalue weighted by atomic mass is 35.5. The first-order valence-corrected chi connectivity index (χ1v) is 20.7. The number of halogens is 3. The average Bonchev–Trinajstić information content (AvgIpc) is 4.09. The highest BCUT2D eigenvalue weighted by Gasteiger charge is 2.51. The molecule has 310 valence electrons. The fourth-order valence-electron chi connectivity index (χ4n) is 8.92. The lowest BCUT2D eigenvalue weighted by Crippen LogP contribution is -2.50. The SMILES string of the molecule is Cn1c(=O)c2c(c3cc(Nc4nc(N5CCC(CN6CCN(C(=O)c7cccc(C8CCC(=O)NC8=O)c7)CC6)CC5)ncc4Cl)ccc31)N[C@@H](C1CC1)C(F)(F)CO2. The number of piperidine rings is 2. The molecule has 3 amide bonds. The van der Waals surface area contributed by atoms with Gasteiger partial charge in [0.25, 0.3) is 11.5 Å². The number of nitrogens with one attached hydrogen (secondary N) is 3. The van der Waals surface area contributed by atoms with Crippen LogP contribution in [0.25, 0.3) is 10.9 Å². The standard InChI is InChI=1S/C42H46ClF2N9O5/c1-51-32-9-7-28(20-30(32)34-35(40(51)58)59-23-42(44,45)36(49-34)25-5-6-25)47-37-31(43)21-46-41(50-37)54-13-11-24(12-14-54)22-52-15-17-53(18-16-52)39(57)27-4-2-3-26(19-27)29-8-10-33(55)48-38(29)56/h2-4,7,9,19-21,24-25,29,36,49H,5-6,8,10-18,22-23H2,1H3,(H,46,47,50)(H,48,55,56)/t29?,36-/m0/s1. The molecular formula is C42H46ClF2N9O5. The summed E-state index contributed by atoms with van der Waals surface area (Å²) in [6, 6.07) is 11.4. The Balaban J connectivity index is 0.809. The summed E-state index contributed by atoms with van der Waals surface area (Å²) in [4.78, 5) is 66.5. The summed E-state index contributed by atoms with van der Waals surface area (Å²) in [5, 5.41) is 9.59. The number of pyridine rings is 1. The van der Waals surface area contributed by atoms with Gasteiger partial charge < -0.3 is 29.7 Å². The summed E-state index contributed by atoms with van der Waals surface area (Å²) in [6.45, 7) is 4.39. The number of ether oxygens (including phenoxy) is 1. The van der Waals surface area contributed by atoms with Gasteiger partial charge in [0, 0.05) is 75.9 Å². The summed E-state index contributed by atoms with van der Waals surface area (Å²) in [5.74, 6) is -3.08. The van der Waals surface area contributed by atoms with Crippen LogP contribution < -0.4 is 31.1 Å². The third-order valence-corrected chi connectivity index (χ3v) is 12.7. The maximum Gasteiger partial charge on any atom is 0.301 e. The molecule has 4 fully saturated rings. The molecule has 1 aliphatic carbocycles. The molecule has 0 spiro atoms. The van der Waals surface area contributed by atoms with E-state index in [1.54, 1.807) is 49.6 Å². The molecule has 2 atom stereocenters. The molecule has 2 aromatic heterocycles. The van der Waals surface area contributed by atoms with Gasteiger partial charge in [-0.05, 0) is 79.8 Å². The number of imide groups is 1. The molecule has 9 rings (SSSR count).